The lowest BCUT2D eigenvalue weighted by molar-refractivity contribution is 0.0937. The summed E-state index contributed by atoms with van der Waals surface area (Å²) in [7, 11) is 3.74. The maximum absolute atomic E-state index is 13.5. The van der Waals surface area contributed by atoms with Crippen LogP contribution >= 0.6 is 0 Å². The minimum atomic E-state index is -0.350. The Hall–Kier alpha value is -2.73. The SMILES string of the molecule is CN(C)C(CNC(=O)c1cc2cc(F)ccc2[nH]1)c1cccc(F)c1. The number of hydrogen-bond acceptors (Lipinski definition) is 2. The first-order valence-corrected chi connectivity index (χ1v) is 7.92. The van der Waals surface area contributed by atoms with Crippen LogP contribution < -0.4 is 5.32 Å². The lowest BCUT2D eigenvalue weighted by atomic mass is 10.1. The van der Waals surface area contributed by atoms with Crippen LogP contribution in [0.3, 0.4) is 0 Å². The number of amides is 1. The topological polar surface area (TPSA) is 48.1 Å². The zero-order chi connectivity index (χ0) is 18.0. The number of carbonyl (C=O) groups excluding carboxylic acids is 1. The van der Waals surface area contributed by atoms with Gasteiger partial charge in [0.15, 0.2) is 0 Å². The Morgan fingerprint density at radius 2 is 1.88 bits per heavy atom. The standard InChI is InChI=1S/C19H19F2N3O/c1-24(2)18(12-4-3-5-14(20)8-12)11-22-19(25)17-10-13-9-15(21)6-7-16(13)23-17/h3-10,18,23H,11H2,1-2H3,(H,22,25). The number of H-pyrrole nitrogens is 1. The van der Waals surface area contributed by atoms with Crippen molar-refractivity contribution in [3.63, 3.8) is 0 Å². The molecule has 0 saturated heterocycles. The fourth-order valence-corrected chi connectivity index (χ4v) is 2.82. The number of benzene rings is 2. The number of carbonyl (C=O) groups is 1. The summed E-state index contributed by atoms with van der Waals surface area (Å²) >= 11 is 0. The van der Waals surface area contributed by atoms with Gasteiger partial charge in [-0.25, -0.2) is 8.78 Å². The number of nitrogens with zero attached hydrogens (tertiary/aromatic N) is 1. The third kappa shape index (κ3) is 3.85. The second-order valence-electron chi connectivity index (χ2n) is 6.16. The molecule has 1 heterocycles. The normalized spacial score (nSPS) is 12.5. The quantitative estimate of drug-likeness (QED) is 0.745. The lowest BCUT2D eigenvalue weighted by Crippen LogP contribution is -2.34. The van der Waals surface area contributed by atoms with Gasteiger partial charge >= 0.3 is 0 Å². The Balaban J connectivity index is 1.74. The Bertz CT molecular complexity index is 905. The van der Waals surface area contributed by atoms with Crippen LogP contribution in [0.25, 0.3) is 10.9 Å². The summed E-state index contributed by atoms with van der Waals surface area (Å²) in [6, 6.07) is 12.1. The highest BCUT2D eigenvalue weighted by Crippen LogP contribution is 2.19. The Morgan fingerprint density at radius 3 is 2.60 bits per heavy atom. The summed E-state index contributed by atoms with van der Waals surface area (Å²) in [5, 5.41) is 3.48. The molecule has 6 heteroatoms. The number of likely N-dealkylation sites (N-methyl/N-ethyl adjacent to an activating group) is 1. The third-order valence-electron chi connectivity index (χ3n) is 4.14. The second kappa shape index (κ2) is 7.03. The molecule has 2 aromatic carbocycles. The van der Waals surface area contributed by atoms with E-state index in [-0.39, 0.29) is 23.6 Å². The van der Waals surface area contributed by atoms with E-state index in [1.54, 1.807) is 18.2 Å². The van der Waals surface area contributed by atoms with Crippen molar-refractivity contribution >= 4 is 16.8 Å². The second-order valence-corrected chi connectivity index (χ2v) is 6.16. The minimum absolute atomic E-state index is 0.165. The van der Waals surface area contributed by atoms with E-state index >= 15 is 0 Å². The van der Waals surface area contributed by atoms with Gasteiger partial charge in [0.05, 0.1) is 6.04 Å². The summed E-state index contributed by atoms with van der Waals surface area (Å²) < 4.78 is 26.7. The molecule has 3 rings (SSSR count). The van der Waals surface area contributed by atoms with Crippen molar-refractivity contribution < 1.29 is 13.6 Å². The zero-order valence-corrected chi connectivity index (χ0v) is 14.0. The van der Waals surface area contributed by atoms with Crippen molar-refractivity contribution in [1.82, 2.24) is 15.2 Å². The van der Waals surface area contributed by atoms with E-state index in [1.807, 2.05) is 25.1 Å². The van der Waals surface area contributed by atoms with Gasteiger partial charge in [0.25, 0.3) is 5.91 Å². The zero-order valence-electron chi connectivity index (χ0n) is 14.0. The van der Waals surface area contributed by atoms with Gasteiger partial charge in [-0.3, -0.25) is 4.79 Å². The van der Waals surface area contributed by atoms with Gasteiger partial charge in [-0.05, 0) is 56.1 Å². The van der Waals surface area contributed by atoms with Gasteiger partial charge in [0.2, 0.25) is 0 Å². The van der Waals surface area contributed by atoms with Gasteiger partial charge in [0, 0.05) is 17.4 Å². The molecule has 0 aliphatic rings. The molecule has 0 fully saturated rings. The Kier molecular flexibility index (Phi) is 4.81. The molecule has 1 unspecified atom stereocenters. The number of nitrogens with one attached hydrogen (secondary N) is 2. The van der Waals surface area contributed by atoms with Crippen molar-refractivity contribution in [2.45, 2.75) is 6.04 Å². The van der Waals surface area contributed by atoms with E-state index in [4.69, 9.17) is 0 Å². The van der Waals surface area contributed by atoms with Crippen molar-refractivity contribution in [2.24, 2.45) is 0 Å². The summed E-state index contributed by atoms with van der Waals surface area (Å²) in [5.74, 6) is -0.953. The van der Waals surface area contributed by atoms with E-state index in [9.17, 15) is 13.6 Å². The fraction of sp³-hybridized carbons (Fsp3) is 0.211. The van der Waals surface area contributed by atoms with Gasteiger partial charge in [0.1, 0.15) is 17.3 Å². The number of aromatic amines is 1. The van der Waals surface area contributed by atoms with Gasteiger partial charge in [-0.1, -0.05) is 12.1 Å². The maximum Gasteiger partial charge on any atom is 0.267 e. The molecule has 4 nitrogen and oxygen atoms in total. The summed E-state index contributed by atoms with van der Waals surface area (Å²) in [6.07, 6.45) is 0. The number of aromatic nitrogens is 1. The molecular weight excluding hydrogens is 324 g/mol. The van der Waals surface area contributed by atoms with Crippen molar-refractivity contribution in [2.75, 3.05) is 20.6 Å². The average Bonchev–Trinajstić information content (AvgIpc) is 2.97. The highest BCUT2D eigenvalue weighted by molar-refractivity contribution is 5.98. The minimum Gasteiger partial charge on any atom is -0.351 e. The highest BCUT2D eigenvalue weighted by Gasteiger charge is 2.17. The lowest BCUT2D eigenvalue weighted by Gasteiger charge is -2.25. The van der Waals surface area contributed by atoms with Crippen LogP contribution in [0.5, 0.6) is 0 Å². The van der Waals surface area contributed by atoms with Crippen LogP contribution in [0.1, 0.15) is 22.1 Å². The Labute approximate surface area is 144 Å². The number of rotatable bonds is 5. The predicted molar refractivity (Wildman–Crippen MR) is 93.4 cm³/mol. The summed E-state index contributed by atoms with van der Waals surface area (Å²) in [4.78, 5) is 17.3. The number of fused-ring (bicyclic) bond motifs is 1. The van der Waals surface area contributed by atoms with Crippen LogP contribution in [0.15, 0.2) is 48.5 Å². The molecule has 1 aromatic heterocycles. The van der Waals surface area contributed by atoms with Crippen LogP contribution in [0, 0.1) is 11.6 Å². The molecule has 0 aliphatic carbocycles. The molecule has 1 atom stereocenters. The van der Waals surface area contributed by atoms with Crippen molar-refractivity contribution in [3.05, 3.63) is 71.4 Å². The maximum atomic E-state index is 13.5. The molecule has 25 heavy (non-hydrogen) atoms. The molecule has 0 bridgehead atoms. The van der Waals surface area contributed by atoms with Crippen LogP contribution in [0.2, 0.25) is 0 Å². The van der Waals surface area contributed by atoms with Crippen molar-refractivity contribution in [1.29, 1.82) is 0 Å². The third-order valence-corrected chi connectivity index (χ3v) is 4.14. The molecule has 1 amide bonds. The first-order chi connectivity index (χ1) is 11.9. The first kappa shape index (κ1) is 17.1. The molecule has 2 N–H and O–H groups in total. The fourth-order valence-electron chi connectivity index (χ4n) is 2.82. The van der Waals surface area contributed by atoms with E-state index < -0.39 is 0 Å². The summed E-state index contributed by atoms with van der Waals surface area (Å²) in [5.41, 5.74) is 1.84. The predicted octanol–water partition coefficient (Wildman–Crippen LogP) is 3.48. The van der Waals surface area contributed by atoms with E-state index in [0.29, 0.717) is 23.1 Å². The molecular formula is C19H19F2N3O. The molecule has 0 aliphatic heterocycles. The largest absolute Gasteiger partial charge is 0.351 e. The number of hydrogen-bond donors (Lipinski definition) is 2. The molecule has 3 aromatic rings. The van der Waals surface area contributed by atoms with Crippen LogP contribution in [-0.4, -0.2) is 36.4 Å². The van der Waals surface area contributed by atoms with E-state index in [1.165, 1.54) is 24.3 Å². The van der Waals surface area contributed by atoms with Crippen LogP contribution in [0.4, 0.5) is 8.78 Å². The molecule has 0 spiro atoms. The number of halogens is 2. The van der Waals surface area contributed by atoms with Gasteiger partial charge in [-0.15, -0.1) is 0 Å². The summed E-state index contributed by atoms with van der Waals surface area (Å²) in [6.45, 7) is 0.318. The van der Waals surface area contributed by atoms with E-state index in [0.717, 1.165) is 5.56 Å². The van der Waals surface area contributed by atoms with E-state index in [2.05, 4.69) is 10.3 Å². The Morgan fingerprint density at radius 1 is 1.12 bits per heavy atom. The molecule has 130 valence electrons. The highest BCUT2D eigenvalue weighted by atomic mass is 19.1. The van der Waals surface area contributed by atoms with Crippen molar-refractivity contribution in [3.8, 4) is 0 Å². The van der Waals surface area contributed by atoms with Gasteiger partial charge < -0.3 is 15.2 Å². The monoisotopic (exact) mass is 343 g/mol. The smallest absolute Gasteiger partial charge is 0.267 e. The molecule has 0 saturated carbocycles. The van der Waals surface area contributed by atoms with Crippen LogP contribution in [-0.2, 0) is 0 Å². The first-order valence-electron chi connectivity index (χ1n) is 7.92. The average molecular weight is 343 g/mol. The molecule has 0 radical (unpaired) electrons. The van der Waals surface area contributed by atoms with Gasteiger partial charge in [-0.2, -0.15) is 0 Å².